The molecule has 2 N–H and O–H groups in total. The van der Waals surface area contributed by atoms with Crippen LogP contribution in [0, 0.1) is 0 Å². The summed E-state index contributed by atoms with van der Waals surface area (Å²) in [7, 11) is 0. The molecule has 0 radical (unpaired) electrons. The maximum atomic E-state index is 12.5. The van der Waals surface area contributed by atoms with E-state index in [1.54, 1.807) is 5.32 Å². The first kappa shape index (κ1) is 18.5. The number of nitrogens with one attached hydrogen (secondary N) is 2. The molecule has 2 aromatic rings. The highest BCUT2D eigenvalue weighted by molar-refractivity contribution is 5.87. The molecule has 0 saturated carbocycles. The average Bonchev–Trinajstić information content (AvgIpc) is 2.60. The van der Waals surface area contributed by atoms with Gasteiger partial charge in [0, 0.05) is 13.1 Å². The molecule has 0 aliphatic rings. The lowest BCUT2D eigenvalue weighted by Crippen LogP contribution is -2.42. The van der Waals surface area contributed by atoms with Crippen molar-refractivity contribution in [2.45, 2.75) is 12.1 Å². The molecule has 2 rings (SSSR count). The smallest absolute Gasteiger partial charge is 0.354 e. The van der Waals surface area contributed by atoms with E-state index in [2.05, 4.69) is 5.32 Å². The highest BCUT2D eigenvalue weighted by Gasteiger charge is 2.38. The number of amides is 2. The van der Waals surface area contributed by atoms with E-state index in [-0.39, 0.29) is 19.0 Å². The zero-order valence-electron chi connectivity index (χ0n) is 13.2. The predicted molar refractivity (Wildman–Crippen MR) is 86.8 cm³/mol. The molecule has 0 saturated heterocycles. The first-order chi connectivity index (χ1) is 11.9. The van der Waals surface area contributed by atoms with Crippen molar-refractivity contribution in [1.82, 2.24) is 10.6 Å². The topological polar surface area (TPSA) is 58.2 Å². The van der Waals surface area contributed by atoms with Crippen LogP contribution >= 0.6 is 0 Å². The maximum Gasteiger partial charge on any atom is 0.471 e. The van der Waals surface area contributed by atoms with Gasteiger partial charge >= 0.3 is 12.1 Å². The van der Waals surface area contributed by atoms with Gasteiger partial charge in [0.05, 0.1) is 5.92 Å². The molecule has 0 aliphatic heterocycles. The molecule has 0 unspecified atom stereocenters. The predicted octanol–water partition coefficient (Wildman–Crippen LogP) is 2.61. The minimum Gasteiger partial charge on any atom is -0.354 e. The minimum atomic E-state index is -4.93. The number of rotatable bonds is 6. The van der Waals surface area contributed by atoms with Crippen molar-refractivity contribution in [2.24, 2.45) is 0 Å². The summed E-state index contributed by atoms with van der Waals surface area (Å²) in [5.74, 6) is -2.95. The molecule has 0 atom stereocenters. The third kappa shape index (κ3) is 5.34. The first-order valence-corrected chi connectivity index (χ1v) is 7.62. The van der Waals surface area contributed by atoms with Crippen LogP contribution in [0.5, 0.6) is 0 Å². The van der Waals surface area contributed by atoms with Gasteiger partial charge in [0.2, 0.25) is 5.91 Å². The quantitative estimate of drug-likeness (QED) is 0.787. The van der Waals surface area contributed by atoms with Crippen LogP contribution in [0.25, 0.3) is 0 Å². The second kappa shape index (κ2) is 8.32. The summed E-state index contributed by atoms with van der Waals surface area (Å²) < 4.78 is 36.3. The van der Waals surface area contributed by atoms with Gasteiger partial charge in [-0.3, -0.25) is 9.59 Å². The summed E-state index contributed by atoms with van der Waals surface area (Å²) in [6.07, 6.45) is -4.93. The van der Waals surface area contributed by atoms with E-state index in [1.165, 1.54) is 0 Å². The summed E-state index contributed by atoms with van der Waals surface area (Å²) in [6.45, 7) is -0.406. The normalized spacial score (nSPS) is 11.2. The standard InChI is InChI=1S/C18H17F3N2O2/c19-18(20,21)17(25)23-12-11-22-16(24)15(13-7-3-1-4-8-13)14-9-5-2-6-10-14/h1-10,15H,11-12H2,(H,22,24)(H,23,25). The zero-order chi connectivity index (χ0) is 18.3. The van der Waals surface area contributed by atoms with E-state index in [9.17, 15) is 22.8 Å². The number of alkyl halides is 3. The molecule has 0 bridgehead atoms. The van der Waals surface area contributed by atoms with Crippen LogP contribution in [0.15, 0.2) is 60.7 Å². The number of carbonyl (C=O) groups excluding carboxylic acids is 2. The second-order valence-electron chi connectivity index (χ2n) is 5.30. The van der Waals surface area contributed by atoms with Crippen LogP contribution in [0.4, 0.5) is 13.2 Å². The Bertz CT molecular complexity index is 664. The number of hydrogen-bond donors (Lipinski definition) is 2. The van der Waals surface area contributed by atoms with Crippen molar-refractivity contribution < 1.29 is 22.8 Å². The van der Waals surface area contributed by atoms with Gasteiger partial charge in [0.15, 0.2) is 0 Å². The fraction of sp³-hybridized carbons (Fsp3) is 0.222. The van der Waals surface area contributed by atoms with E-state index >= 15 is 0 Å². The molecule has 4 nitrogen and oxygen atoms in total. The number of halogens is 3. The van der Waals surface area contributed by atoms with Crippen molar-refractivity contribution in [3.63, 3.8) is 0 Å². The summed E-state index contributed by atoms with van der Waals surface area (Å²) in [4.78, 5) is 23.3. The number of hydrogen-bond acceptors (Lipinski definition) is 2. The van der Waals surface area contributed by atoms with Gasteiger partial charge in [-0.15, -0.1) is 0 Å². The summed E-state index contributed by atoms with van der Waals surface area (Å²) in [5.41, 5.74) is 1.54. The molecule has 0 aliphatic carbocycles. The SMILES string of the molecule is O=C(NCCNC(=O)C(F)(F)F)C(c1ccccc1)c1ccccc1. The van der Waals surface area contributed by atoms with Crippen molar-refractivity contribution >= 4 is 11.8 Å². The monoisotopic (exact) mass is 350 g/mol. The number of carbonyl (C=O) groups is 2. The van der Waals surface area contributed by atoms with E-state index in [1.807, 2.05) is 60.7 Å². The van der Waals surface area contributed by atoms with Crippen LogP contribution in [0.3, 0.4) is 0 Å². The third-order valence-electron chi connectivity index (χ3n) is 3.50. The Morgan fingerprint density at radius 3 is 1.68 bits per heavy atom. The van der Waals surface area contributed by atoms with Gasteiger partial charge < -0.3 is 10.6 Å². The molecule has 2 amide bonds. The molecular formula is C18H17F3N2O2. The lowest BCUT2D eigenvalue weighted by molar-refractivity contribution is -0.173. The summed E-state index contributed by atoms with van der Waals surface area (Å²) in [5, 5.41) is 4.28. The fourth-order valence-electron chi connectivity index (χ4n) is 2.35. The maximum absolute atomic E-state index is 12.5. The number of benzene rings is 2. The Balaban J connectivity index is 2.01. The van der Waals surface area contributed by atoms with E-state index in [0.717, 1.165) is 11.1 Å². The van der Waals surface area contributed by atoms with E-state index in [4.69, 9.17) is 0 Å². The first-order valence-electron chi connectivity index (χ1n) is 7.62. The molecule has 132 valence electrons. The van der Waals surface area contributed by atoms with Crippen LogP contribution in [0.2, 0.25) is 0 Å². The Morgan fingerprint density at radius 2 is 1.24 bits per heavy atom. The van der Waals surface area contributed by atoms with Gasteiger partial charge in [-0.1, -0.05) is 60.7 Å². The van der Waals surface area contributed by atoms with Crippen LogP contribution in [0.1, 0.15) is 17.0 Å². The van der Waals surface area contributed by atoms with Crippen molar-refractivity contribution in [3.05, 3.63) is 71.8 Å². The van der Waals surface area contributed by atoms with Gasteiger partial charge in [-0.2, -0.15) is 13.2 Å². The molecule has 7 heteroatoms. The van der Waals surface area contributed by atoms with Crippen molar-refractivity contribution in [3.8, 4) is 0 Å². The van der Waals surface area contributed by atoms with Crippen molar-refractivity contribution in [1.29, 1.82) is 0 Å². The van der Waals surface area contributed by atoms with E-state index < -0.39 is 18.0 Å². The van der Waals surface area contributed by atoms with Gasteiger partial charge in [0.1, 0.15) is 0 Å². The summed E-state index contributed by atoms with van der Waals surface area (Å²) in [6, 6.07) is 18.1. The van der Waals surface area contributed by atoms with Gasteiger partial charge in [0.25, 0.3) is 0 Å². The lowest BCUT2D eigenvalue weighted by atomic mass is 9.90. The largest absolute Gasteiger partial charge is 0.471 e. The molecule has 25 heavy (non-hydrogen) atoms. The molecule has 2 aromatic carbocycles. The molecule has 0 aromatic heterocycles. The van der Waals surface area contributed by atoms with E-state index in [0.29, 0.717) is 0 Å². The average molecular weight is 350 g/mol. The fourth-order valence-corrected chi connectivity index (χ4v) is 2.35. The van der Waals surface area contributed by atoms with Gasteiger partial charge in [-0.25, -0.2) is 0 Å². The molecule has 0 spiro atoms. The third-order valence-corrected chi connectivity index (χ3v) is 3.50. The molecule has 0 heterocycles. The zero-order valence-corrected chi connectivity index (χ0v) is 13.2. The Kier molecular flexibility index (Phi) is 6.16. The second-order valence-corrected chi connectivity index (χ2v) is 5.30. The van der Waals surface area contributed by atoms with Crippen LogP contribution in [-0.2, 0) is 9.59 Å². The lowest BCUT2D eigenvalue weighted by Gasteiger charge is -2.18. The summed E-state index contributed by atoms with van der Waals surface area (Å²) >= 11 is 0. The Hall–Kier alpha value is -2.83. The van der Waals surface area contributed by atoms with Crippen LogP contribution in [-0.4, -0.2) is 31.1 Å². The van der Waals surface area contributed by atoms with Crippen LogP contribution < -0.4 is 10.6 Å². The highest BCUT2D eigenvalue weighted by atomic mass is 19.4. The van der Waals surface area contributed by atoms with Gasteiger partial charge in [-0.05, 0) is 11.1 Å². The highest BCUT2D eigenvalue weighted by Crippen LogP contribution is 2.24. The Morgan fingerprint density at radius 1 is 0.800 bits per heavy atom. The molecule has 0 fully saturated rings. The van der Waals surface area contributed by atoms with Crippen molar-refractivity contribution in [2.75, 3.05) is 13.1 Å². The minimum absolute atomic E-state index is 0.100. The Labute approximate surface area is 143 Å². The molecular weight excluding hydrogens is 333 g/mol.